The van der Waals surface area contributed by atoms with Crippen LogP contribution in [0.1, 0.15) is 374 Å². The van der Waals surface area contributed by atoms with E-state index in [4.69, 9.17) is 14.2 Å². The summed E-state index contributed by atoms with van der Waals surface area (Å²) in [4.78, 5) is 38.3. The minimum Gasteiger partial charge on any atom is -0.462 e. The second-order valence-corrected chi connectivity index (χ2v) is 22.4. The Bertz CT molecular complexity index is 1120. The van der Waals surface area contributed by atoms with E-state index in [0.29, 0.717) is 19.3 Å². The number of hydrogen-bond donors (Lipinski definition) is 0. The average molecular weight is 1020 g/mol. The monoisotopic (exact) mass is 1010 g/mol. The molecule has 0 rings (SSSR count). The van der Waals surface area contributed by atoms with Crippen LogP contribution in [0.15, 0.2) is 12.2 Å². The molecule has 0 saturated heterocycles. The van der Waals surface area contributed by atoms with Gasteiger partial charge in [-0.15, -0.1) is 0 Å². The Labute approximate surface area is 450 Å². The highest BCUT2D eigenvalue weighted by atomic mass is 16.6. The second kappa shape index (κ2) is 61.7. The van der Waals surface area contributed by atoms with Crippen molar-refractivity contribution < 1.29 is 28.6 Å². The molecule has 0 amide bonds. The summed E-state index contributed by atoms with van der Waals surface area (Å²) in [6.07, 6.45) is 72.2. The van der Waals surface area contributed by atoms with Gasteiger partial charge in [-0.1, -0.05) is 322 Å². The van der Waals surface area contributed by atoms with Gasteiger partial charge in [0.15, 0.2) is 6.10 Å². The predicted octanol–water partition coefficient (Wildman–Crippen LogP) is 22.1. The van der Waals surface area contributed by atoms with E-state index in [2.05, 4.69) is 32.9 Å². The molecule has 0 N–H and O–H groups in total. The number of ether oxygens (including phenoxy) is 3. The summed E-state index contributed by atoms with van der Waals surface area (Å²) in [7, 11) is 0. The minimum atomic E-state index is -0.765. The van der Waals surface area contributed by atoms with Crippen LogP contribution in [0, 0.1) is 0 Å². The number of carbonyl (C=O) groups is 3. The highest BCUT2D eigenvalue weighted by Crippen LogP contribution is 2.18. The third kappa shape index (κ3) is 59.0. The summed E-state index contributed by atoms with van der Waals surface area (Å²) in [5.41, 5.74) is 0. The Hall–Kier alpha value is -1.85. The zero-order valence-corrected chi connectivity index (χ0v) is 49.0. The van der Waals surface area contributed by atoms with Crippen molar-refractivity contribution in [1.29, 1.82) is 0 Å². The average Bonchev–Trinajstić information content (AvgIpc) is 3.38. The molecule has 0 aliphatic heterocycles. The quantitative estimate of drug-likeness (QED) is 0.0261. The molecule has 0 aromatic rings. The standard InChI is InChI=1S/C66H126O6/c1-4-7-10-13-16-19-22-25-28-30-31-32-33-34-35-36-39-41-44-47-50-53-56-59-65(68)71-62-63(61-70-64(67)58-55-52-49-46-43-40-37-27-24-21-18-15-12-9-6-3)72-66(69)60-57-54-51-48-45-42-38-29-26-23-20-17-14-11-8-5-2/h30-31,63H,4-29,32-62H2,1-3H3/b31-30-. The van der Waals surface area contributed by atoms with E-state index >= 15 is 0 Å². The van der Waals surface area contributed by atoms with Gasteiger partial charge in [0.05, 0.1) is 0 Å². The molecule has 0 saturated carbocycles. The van der Waals surface area contributed by atoms with Gasteiger partial charge in [-0.2, -0.15) is 0 Å². The smallest absolute Gasteiger partial charge is 0.306 e. The molecule has 0 aromatic carbocycles. The van der Waals surface area contributed by atoms with Gasteiger partial charge in [-0.3, -0.25) is 14.4 Å². The van der Waals surface area contributed by atoms with Gasteiger partial charge in [-0.05, 0) is 44.9 Å². The molecular formula is C66H126O6. The fraction of sp³-hybridized carbons (Fsp3) is 0.924. The molecule has 72 heavy (non-hydrogen) atoms. The van der Waals surface area contributed by atoms with E-state index in [9.17, 15) is 14.4 Å². The maximum Gasteiger partial charge on any atom is 0.306 e. The third-order valence-corrected chi connectivity index (χ3v) is 15.0. The normalized spacial score (nSPS) is 12.0. The van der Waals surface area contributed by atoms with E-state index in [-0.39, 0.29) is 31.1 Å². The first-order valence-electron chi connectivity index (χ1n) is 32.7. The molecule has 0 aromatic heterocycles. The zero-order chi connectivity index (χ0) is 52.2. The lowest BCUT2D eigenvalue weighted by atomic mass is 10.0. The van der Waals surface area contributed by atoms with Crippen LogP contribution in [0.25, 0.3) is 0 Å². The predicted molar refractivity (Wildman–Crippen MR) is 312 cm³/mol. The highest BCUT2D eigenvalue weighted by molar-refractivity contribution is 5.71. The summed E-state index contributed by atoms with van der Waals surface area (Å²) in [6, 6.07) is 0. The van der Waals surface area contributed by atoms with Crippen molar-refractivity contribution >= 4 is 17.9 Å². The van der Waals surface area contributed by atoms with E-state index in [0.717, 1.165) is 57.8 Å². The van der Waals surface area contributed by atoms with Gasteiger partial charge in [0.1, 0.15) is 13.2 Å². The van der Waals surface area contributed by atoms with Crippen LogP contribution in [0.5, 0.6) is 0 Å². The first-order chi connectivity index (χ1) is 35.5. The van der Waals surface area contributed by atoms with Crippen molar-refractivity contribution in [3.05, 3.63) is 12.2 Å². The zero-order valence-electron chi connectivity index (χ0n) is 49.0. The van der Waals surface area contributed by atoms with Crippen LogP contribution >= 0.6 is 0 Å². The lowest BCUT2D eigenvalue weighted by molar-refractivity contribution is -0.167. The number of rotatable bonds is 61. The fourth-order valence-corrected chi connectivity index (χ4v) is 10.1. The molecule has 0 radical (unpaired) electrons. The summed E-state index contributed by atoms with van der Waals surface area (Å²) in [5.74, 6) is -0.832. The van der Waals surface area contributed by atoms with Gasteiger partial charge in [-0.25, -0.2) is 0 Å². The fourth-order valence-electron chi connectivity index (χ4n) is 10.1. The van der Waals surface area contributed by atoms with Crippen molar-refractivity contribution in [1.82, 2.24) is 0 Å². The largest absolute Gasteiger partial charge is 0.462 e. The number of allylic oxidation sites excluding steroid dienone is 2. The summed E-state index contributed by atoms with van der Waals surface area (Å²) in [5, 5.41) is 0. The SMILES string of the molecule is CCCCCCCCCC/C=C\CCCCCCCCCCCCCC(=O)OCC(COC(=O)CCCCCCCCCCCCCCCCC)OC(=O)CCCCCCCCCCCCCCCCCC. The lowest BCUT2D eigenvalue weighted by Crippen LogP contribution is -2.30. The Morgan fingerprint density at radius 2 is 0.458 bits per heavy atom. The second-order valence-electron chi connectivity index (χ2n) is 22.4. The maximum atomic E-state index is 12.9. The molecule has 426 valence electrons. The van der Waals surface area contributed by atoms with Gasteiger partial charge in [0.2, 0.25) is 0 Å². The minimum absolute atomic E-state index is 0.0632. The van der Waals surface area contributed by atoms with Crippen LogP contribution in [0.3, 0.4) is 0 Å². The number of carbonyl (C=O) groups excluding carboxylic acids is 3. The number of hydrogen-bond acceptors (Lipinski definition) is 6. The van der Waals surface area contributed by atoms with E-state index in [1.54, 1.807) is 0 Å². The summed E-state index contributed by atoms with van der Waals surface area (Å²) >= 11 is 0. The van der Waals surface area contributed by atoms with Crippen molar-refractivity contribution in [2.45, 2.75) is 380 Å². The summed E-state index contributed by atoms with van der Waals surface area (Å²) in [6.45, 7) is 6.72. The Kier molecular flexibility index (Phi) is 60.1. The van der Waals surface area contributed by atoms with Gasteiger partial charge >= 0.3 is 17.9 Å². The molecule has 0 aliphatic rings. The molecule has 6 nitrogen and oxygen atoms in total. The van der Waals surface area contributed by atoms with Crippen molar-refractivity contribution in [2.75, 3.05) is 13.2 Å². The van der Waals surface area contributed by atoms with E-state index < -0.39 is 6.10 Å². The molecule has 0 bridgehead atoms. The highest BCUT2D eigenvalue weighted by Gasteiger charge is 2.19. The molecular weight excluding hydrogens is 889 g/mol. The van der Waals surface area contributed by atoms with E-state index in [1.807, 2.05) is 0 Å². The first-order valence-corrected chi connectivity index (χ1v) is 32.7. The van der Waals surface area contributed by atoms with Crippen molar-refractivity contribution in [3.8, 4) is 0 Å². The van der Waals surface area contributed by atoms with Crippen LogP contribution in [-0.4, -0.2) is 37.2 Å². The van der Waals surface area contributed by atoms with Crippen LogP contribution in [-0.2, 0) is 28.6 Å². The Balaban J connectivity index is 4.25. The molecule has 1 unspecified atom stereocenters. The number of unbranched alkanes of at least 4 members (excludes halogenated alkanes) is 48. The van der Waals surface area contributed by atoms with Gasteiger partial charge < -0.3 is 14.2 Å². The molecule has 0 spiro atoms. The van der Waals surface area contributed by atoms with Crippen molar-refractivity contribution in [2.24, 2.45) is 0 Å². The maximum absolute atomic E-state index is 12.9. The Morgan fingerprint density at radius 3 is 0.694 bits per heavy atom. The van der Waals surface area contributed by atoms with Gasteiger partial charge in [0, 0.05) is 19.3 Å². The molecule has 6 heteroatoms. The van der Waals surface area contributed by atoms with Gasteiger partial charge in [0.25, 0.3) is 0 Å². The summed E-state index contributed by atoms with van der Waals surface area (Å²) < 4.78 is 17.0. The molecule has 0 fully saturated rings. The van der Waals surface area contributed by atoms with Crippen LogP contribution in [0.4, 0.5) is 0 Å². The topological polar surface area (TPSA) is 78.9 Å². The Morgan fingerprint density at radius 1 is 0.264 bits per heavy atom. The molecule has 0 aliphatic carbocycles. The molecule has 1 atom stereocenters. The van der Waals surface area contributed by atoms with Crippen LogP contribution < -0.4 is 0 Å². The third-order valence-electron chi connectivity index (χ3n) is 15.0. The van der Waals surface area contributed by atoms with Crippen molar-refractivity contribution in [3.63, 3.8) is 0 Å². The molecule has 0 heterocycles. The number of esters is 3. The first kappa shape index (κ1) is 70.1. The van der Waals surface area contributed by atoms with Crippen LogP contribution in [0.2, 0.25) is 0 Å². The van der Waals surface area contributed by atoms with E-state index in [1.165, 1.54) is 276 Å². The lowest BCUT2D eigenvalue weighted by Gasteiger charge is -2.18.